The van der Waals surface area contributed by atoms with Crippen molar-refractivity contribution in [3.63, 3.8) is 0 Å². The molecule has 0 bridgehead atoms. The van der Waals surface area contributed by atoms with Crippen molar-refractivity contribution in [1.82, 2.24) is 0 Å². The highest BCUT2D eigenvalue weighted by Crippen LogP contribution is 2.23. The van der Waals surface area contributed by atoms with Crippen LogP contribution in [0.15, 0.2) is 24.3 Å². The van der Waals surface area contributed by atoms with Gasteiger partial charge in [-0.15, -0.1) is 0 Å². The smallest absolute Gasteiger partial charge is 0.389 e. The van der Waals surface area contributed by atoms with Gasteiger partial charge in [0.25, 0.3) is 0 Å². The van der Waals surface area contributed by atoms with Crippen molar-refractivity contribution < 1.29 is 33.0 Å². The van der Waals surface area contributed by atoms with Crippen molar-refractivity contribution in [2.75, 3.05) is 0 Å². The van der Waals surface area contributed by atoms with Crippen LogP contribution in [0.1, 0.15) is 79.0 Å². The first-order chi connectivity index (χ1) is 11.7. The summed E-state index contributed by atoms with van der Waals surface area (Å²) in [4.78, 5) is 20.9. The first-order valence-electron chi connectivity index (χ1n) is 8.31. The van der Waals surface area contributed by atoms with Gasteiger partial charge in [0.1, 0.15) is 0 Å². The van der Waals surface area contributed by atoms with Crippen LogP contribution in [0.25, 0.3) is 0 Å². The van der Waals surface area contributed by atoms with Crippen LogP contribution in [0, 0.1) is 0 Å². The molecule has 1 rings (SSSR count). The van der Waals surface area contributed by atoms with Gasteiger partial charge in [0.15, 0.2) is 0 Å². The number of hydrogen-bond donors (Lipinski definition) is 2. The van der Waals surface area contributed by atoms with Crippen LogP contribution in [0.2, 0.25) is 0 Å². The molecule has 25 heavy (non-hydrogen) atoms. The average Bonchev–Trinajstić information content (AvgIpc) is 2.53. The van der Waals surface area contributed by atoms with Crippen LogP contribution in [0.5, 0.6) is 0 Å². The number of benzene rings is 1. The SMILES string of the molecule is CCCCCCCCCC(F)(F)F.O=C(O)c1ccccc1C(=O)O. The number of rotatable bonds is 9. The summed E-state index contributed by atoms with van der Waals surface area (Å²) in [5, 5.41) is 17.1. The Hall–Kier alpha value is -2.05. The minimum absolute atomic E-state index is 0.190. The molecule has 1 aromatic carbocycles. The summed E-state index contributed by atoms with van der Waals surface area (Å²) in [7, 11) is 0. The molecule has 0 aliphatic rings. The highest BCUT2D eigenvalue weighted by Gasteiger charge is 2.25. The zero-order chi connectivity index (χ0) is 19.3. The Balaban J connectivity index is 0.000000462. The average molecular weight is 362 g/mol. The van der Waals surface area contributed by atoms with Crippen LogP contribution in [-0.2, 0) is 0 Å². The van der Waals surface area contributed by atoms with E-state index >= 15 is 0 Å². The van der Waals surface area contributed by atoms with E-state index in [1.54, 1.807) is 0 Å². The largest absolute Gasteiger partial charge is 0.478 e. The Morgan fingerprint density at radius 3 is 1.60 bits per heavy atom. The highest BCUT2D eigenvalue weighted by atomic mass is 19.4. The van der Waals surface area contributed by atoms with E-state index in [4.69, 9.17) is 10.2 Å². The maximum absolute atomic E-state index is 11.7. The van der Waals surface area contributed by atoms with Crippen molar-refractivity contribution in [2.45, 2.75) is 64.5 Å². The lowest BCUT2D eigenvalue weighted by molar-refractivity contribution is -0.135. The molecule has 142 valence electrons. The van der Waals surface area contributed by atoms with E-state index < -0.39 is 24.5 Å². The fraction of sp³-hybridized carbons (Fsp3) is 0.556. The summed E-state index contributed by atoms with van der Waals surface area (Å²) in [6.45, 7) is 2.13. The van der Waals surface area contributed by atoms with E-state index in [0.717, 1.165) is 19.3 Å². The number of carboxylic acid groups (broad SMARTS) is 2. The molecule has 0 aliphatic carbocycles. The van der Waals surface area contributed by atoms with Crippen LogP contribution < -0.4 is 0 Å². The van der Waals surface area contributed by atoms with Crippen molar-refractivity contribution in [1.29, 1.82) is 0 Å². The zero-order valence-corrected chi connectivity index (χ0v) is 14.3. The summed E-state index contributed by atoms with van der Waals surface area (Å²) in [6, 6.07) is 5.48. The Bertz CT molecular complexity index is 494. The maximum Gasteiger partial charge on any atom is 0.389 e. The van der Waals surface area contributed by atoms with Gasteiger partial charge in [-0.1, -0.05) is 57.6 Å². The van der Waals surface area contributed by atoms with Crippen molar-refractivity contribution in [2.24, 2.45) is 0 Å². The van der Waals surface area contributed by atoms with E-state index in [2.05, 4.69) is 6.92 Å². The zero-order valence-electron chi connectivity index (χ0n) is 14.3. The van der Waals surface area contributed by atoms with Gasteiger partial charge in [0.05, 0.1) is 11.1 Å². The third-order valence-electron chi connectivity index (χ3n) is 3.45. The molecule has 2 N–H and O–H groups in total. The quantitative estimate of drug-likeness (QED) is 0.547. The Kier molecular flexibility index (Phi) is 11.3. The fourth-order valence-electron chi connectivity index (χ4n) is 2.14. The lowest BCUT2D eigenvalue weighted by atomic mass is 10.1. The van der Waals surface area contributed by atoms with E-state index in [1.165, 1.54) is 43.5 Å². The number of alkyl halides is 3. The molecule has 0 heterocycles. The molecule has 0 spiro atoms. The minimum atomic E-state index is -3.95. The lowest BCUT2D eigenvalue weighted by Crippen LogP contribution is -2.06. The van der Waals surface area contributed by atoms with Crippen LogP contribution in [0.3, 0.4) is 0 Å². The second-order valence-electron chi connectivity index (χ2n) is 5.64. The number of hydrogen-bond acceptors (Lipinski definition) is 2. The molecule has 0 fully saturated rings. The number of carbonyl (C=O) groups is 2. The van der Waals surface area contributed by atoms with Crippen LogP contribution in [-0.4, -0.2) is 28.3 Å². The van der Waals surface area contributed by atoms with Crippen molar-refractivity contribution in [3.05, 3.63) is 35.4 Å². The first-order valence-corrected chi connectivity index (χ1v) is 8.31. The van der Waals surface area contributed by atoms with Crippen molar-refractivity contribution >= 4 is 11.9 Å². The molecule has 1 aromatic rings. The summed E-state index contributed by atoms with van der Waals surface area (Å²) in [5.41, 5.74) is -0.380. The molecule has 0 aromatic heterocycles. The second-order valence-corrected chi connectivity index (χ2v) is 5.64. The standard InChI is InChI=1S/C10H19F3.C8H6O4/c1-2-3-4-5-6-7-8-9-10(11,12)13;9-7(10)5-3-1-2-4-6(5)8(11)12/h2-9H2,1H3;1-4H,(H,9,10)(H,11,12). The molecule has 0 saturated heterocycles. The molecule has 0 atom stereocenters. The van der Waals surface area contributed by atoms with Crippen LogP contribution >= 0.6 is 0 Å². The Morgan fingerprint density at radius 2 is 1.24 bits per heavy atom. The molecule has 4 nitrogen and oxygen atoms in total. The van der Waals surface area contributed by atoms with Gasteiger partial charge in [0.2, 0.25) is 0 Å². The molecule has 7 heteroatoms. The minimum Gasteiger partial charge on any atom is -0.478 e. The van der Waals surface area contributed by atoms with E-state index in [-0.39, 0.29) is 11.1 Å². The van der Waals surface area contributed by atoms with Crippen LogP contribution in [0.4, 0.5) is 13.2 Å². The van der Waals surface area contributed by atoms with Gasteiger partial charge in [-0.3, -0.25) is 0 Å². The predicted molar refractivity (Wildman–Crippen MR) is 89.0 cm³/mol. The second kappa shape index (κ2) is 12.3. The molecular formula is C18H25F3O4. The van der Waals surface area contributed by atoms with Gasteiger partial charge in [0, 0.05) is 6.42 Å². The van der Waals surface area contributed by atoms with Gasteiger partial charge in [-0.2, -0.15) is 13.2 Å². The normalized spacial score (nSPS) is 10.7. The number of halogens is 3. The molecule has 0 radical (unpaired) electrons. The summed E-state index contributed by atoms with van der Waals surface area (Å²) in [6.07, 6.45) is 2.06. The summed E-state index contributed by atoms with van der Waals surface area (Å²) in [5.74, 6) is -2.46. The monoisotopic (exact) mass is 362 g/mol. The fourth-order valence-corrected chi connectivity index (χ4v) is 2.14. The summed E-state index contributed by atoms with van der Waals surface area (Å²) >= 11 is 0. The lowest BCUT2D eigenvalue weighted by Gasteiger charge is -2.05. The molecule has 0 saturated carbocycles. The molecular weight excluding hydrogens is 337 g/mol. The topological polar surface area (TPSA) is 74.6 Å². The predicted octanol–water partition coefficient (Wildman–Crippen LogP) is 5.77. The third-order valence-corrected chi connectivity index (χ3v) is 3.45. The third kappa shape index (κ3) is 12.0. The highest BCUT2D eigenvalue weighted by molar-refractivity contribution is 6.01. The van der Waals surface area contributed by atoms with E-state index in [0.29, 0.717) is 6.42 Å². The van der Waals surface area contributed by atoms with Gasteiger partial charge < -0.3 is 10.2 Å². The first kappa shape index (κ1) is 22.9. The Morgan fingerprint density at radius 1 is 0.840 bits per heavy atom. The number of unbranched alkanes of at least 4 members (excludes halogenated alkanes) is 6. The van der Waals surface area contributed by atoms with Gasteiger partial charge >= 0.3 is 18.1 Å². The molecule has 0 aliphatic heterocycles. The van der Waals surface area contributed by atoms with Crippen molar-refractivity contribution in [3.8, 4) is 0 Å². The molecule has 0 amide bonds. The van der Waals surface area contributed by atoms with E-state index in [1.807, 2.05) is 0 Å². The van der Waals surface area contributed by atoms with Gasteiger partial charge in [-0.25, -0.2) is 9.59 Å². The molecule has 0 unspecified atom stereocenters. The van der Waals surface area contributed by atoms with E-state index in [9.17, 15) is 22.8 Å². The number of carboxylic acids is 2. The Labute approximate surface area is 145 Å². The van der Waals surface area contributed by atoms with Gasteiger partial charge in [-0.05, 0) is 18.6 Å². The number of aromatic carboxylic acids is 2. The maximum atomic E-state index is 11.7. The summed E-state index contributed by atoms with van der Waals surface area (Å²) < 4.78 is 35.1.